The number of ether oxygens (including phenoxy) is 2. The summed E-state index contributed by atoms with van der Waals surface area (Å²) in [6, 6.07) is 8.93. The first kappa shape index (κ1) is 19.4. The zero-order valence-corrected chi connectivity index (χ0v) is 16.2. The number of esters is 1. The van der Waals surface area contributed by atoms with E-state index in [1.165, 1.54) is 31.4 Å². The molecule has 0 saturated carbocycles. The molecule has 1 aliphatic heterocycles. The van der Waals surface area contributed by atoms with Crippen LogP contribution in [-0.2, 0) is 9.53 Å². The van der Waals surface area contributed by atoms with E-state index in [2.05, 4.69) is 0 Å². The molecule has 30 heavy (non-hydrogen) atoms. The maximum Gasteiger partial charge on any atom is 0.340 e. The molecule has 2 aromatic carbocycles. The highest BCUT2D eigenvalue weighted by molar-refractivity contribution is 5.97. The van der Waals surface area contributed by atoms with E-state index in [-0.39, 0.29) is 40.1 Å². The Bertz CT molecular complexity index is 1340. The first-order valence-electron chi connectivity index (χ1n) is 9.17. The summed E-state index contributed by atoms with van der Waals surface area (Å²) >= 11 is 0. The zero-order chi connectivity index (χ0) is 21.6. The Morgan fingerprint density at radius 1 is 1.13 bits per heavy atom. The third kappa shape index (κ3) is 2.70. The van der Waals surface area contributed by atoms with Gasteiger partial charge in [-0.15, -0.1) is 0 Å². The molecule has 9 heteroatoms. The lowest BCUT2D eigenvalue weighted by Gasteiger charge is -2.19. The molecule has 1 aliphatic rings. The van der Waals surface area contributed by atoms with E-state index in [0.717, 1.165) is 15.4 Å². The monoisotopic (exact) mass is 411 g/mol. The minimum absolute atomic E-state index is 0.0233. The van der Waals surface area contributed by atoms with E-state index >= 15 is 0 Å². The van der Waals surface area contributed by atoms with Crippen LogP contribution in [0.15, 0.2) is 57.6 Å². The number of methoxy groups -OCH3 is 1. The molecule has 4 rings (SSSR count). The summed E-state index contributed by atoms with van der Waals surface area (Å²) in [6.45, 7) is 1.64. The number of nitrogens with two attached hydrogens (primary N) is 1. The van der Waals surface area contributed by atoms with Gasteiger partial charge in [0.15, 0.2) is 0 Å². The Kier molecular flexibility index (Phi) is 4.65. The van der Waals surface area contributed by atoms with Gasteiger partial charge in [0, 0.05) is 11.6 Å². The molecule has 0 fully saturated rings. The van der Waals surface area contributed by atoms with Crippen molar-refractivity contribution in [2.45, 2.75) is 13.0 Å². The van der Waals surface area contributed by atoms with Crippen LogP contribution in [0.5, 0.6) is 5.75 Å². The van der Waals surface area contributed by atoms with Crippen LogP contribution in [0.25, 0.3) is 16.6 Å². The van der Waals surface area contributed by atoms with Crippen LogP contribution < -0.4 is 21.6 Å². The highest BCUT2D eigenvalue weighted by Gasteiger charge is 2.40. The normalized spacial score (nSPS) is 15.4. The lowest BCUT2D eigenvalue weighted by atomic mass is 9.98. The minimum Gasteiger partial charge on any atom is -0.497 e. The molecule has 0 bridgehead atoms. The van der Waals surface area contributed by atoms with Gasteiger partial charge in [0.25, 0.3) is 11.1 Å². The fourth-order valence-corrected chi connectivity index (χ4v) is 3.69. The highest BCUT2D eigenvalue weighted by Crippen LogP contribution is 2.36. The Hall–Kier alpha value is -3.88. The van der Waals surface area contributed by atoms with Crippen molar-refractivity contribution in [2.75, 3.05) is 13.7 Å². The van der Waals surface area contributed by atoms with Gasteiger partial charge < -0.3 is 15.2 Å². The molecule has 0 saturated heterocycles. The summed E-state index contributed by atoms with van der Waals surface area (Å²) in [7, 11) is 1.39. The van der Waals surface area contributed by atoms with Crippen LogP contribution in [0, 0.1) is 5.82 Å². The van der Waals surface area contributed by atoms with Gasteiger partial charge in [0.1, 0.15) is 29.0 Å². The molecule has 1 atom stereocenters. The summed E-state index contributed by atoms with van der Waals surface area (Å²) in [4.78, 5) is 39.1. The van der Waals surface area contributed by atoms with Crippen LogP contribution in [0.4, 0.5) is 4.39 Å². The molecule has 154 valence electrons. The maximum absolute atomic E-state index is 15.0. The number of carbonyl (C=O) groups is 1. The van der Waals surface area contributed by atoms with E-state index in [4.69, 9.17) is 15.2 Å². The minimum atomic E-state index is -1.28. The summed E-state index contributed by atoms with van der Waals surface area (Å²) < 4.78 is 27.0. The van der Waals surface area contributed by atoms with Gasteiger partial charge in [0.05, 0.1) is 24.5 Å². The summed E-state index contributed by atoms with van der Waals surface area (Å²) in [6.07, 6.45) is 0. The Morgan fingerprint density at radius 3 is 2.40 bits per heavy atom. The number of aromatic nitrogens is 2. The summed E-state index contributed by atoms with van der Waals surface area (Å²) in [5.41, 5.74) is 4.76. The van der Waals surface area contributed by atoms with E-state index in [0.29, 0.717) is 0 Å². The smallest absolute Gasteiger partial charge is 0.340 e. The van der Waals surface area contributed by atoms with Crippen molar-refractivity contribution in [3.05, 3.63) is 80.1 Å². The Labute approximate surface area is 169 Å². The average molecular weight is 411 g/mol. The molecule has 0 radical (unpaired) electrons. The van der Waals surface area contributed by atoms with E-state index < -0.39 is 28.9 Å². The molecular formula is C21H18FN3O5. The summed E-state index contributed by atoms with van der Waals surface area (Å²) in [5, 5.41) is 0.274. The predicted molar refractivity (Wildman–Crippen MR) is 108 cm³/mol. The van der Waals surface area contributed by atoms with Crippen molar-refractivity contribution in [1.29, 1.82) is 0 Å². The van der Waals surface area contributed by atoms with Crippen LogP contribution in [0.1, 0.15) is 18.5 Å². The predicted octanol–water partition coefficient (Wildman–Crippen LogP) is 1.60. The number of halogens is 1. The number of benzene rings is 2. The topological polar surface area (TPSA) is 106 Å². The van der Waals surface area contributed by atoms with Gasteiger partial charge in [-0.1, -0.05) is 12.1 Å². The molecule has 8 nitrogen and oxygen atoms in total. The Balaban J connectivity index is 2.10. The number of hydrogen-bond donors (Lipinski definition) is 1. The van der Waals surface area contributed by atoms with Gasteiger partial charge in [-0.2, -0.15) is 4.68 Å². The summed E-state index contributed by atoms with van der Waals surface area (Å²) in [5.74, 6) is -1.59. The fourth-order valence-electron chi connectivity index (χ4n) is 3.69. The molecule has 2 N–H and O–H groups in total. The number of carbonyl (C=O) groups excluding carboxylic acids is 1. The molecule has 3 aromatic rings. The van der Waals surface area contributed by atoms with Crippen molar-refractivity contribution in [3.63, 3.8) is 0 Å². The third-order valence-electron chi connectivity index (χ3n) is 5.02. The lowest BCUT2D eigenvalue weighted by Crippen LogP contribution is -2.38. The molecule has 2 heterocycles. The van der Waals surface area contributed by atoms with Gasteiger partial charge >= 0.3 is 5.97 Å². The van der Waals surface area contributed by atoms with Crippen molar-refractivity contribution >= 4 is 22.6 Å². The number of fused-ring (bicyclic) bond motifs is 2. The SMILES string of the molecule is CCOC(=O)C1=C(N)n2c(=O)c3ccccc3c(=O)n2C1c1ccc(OC)cc1F. The number of hydrogen-bond acceptors (Lipinski definition) is 6. The van der Waals surface area contributed by atoms with Crippen molar-refractivity contribution < 1.29 is 18.7 Å². The zero-order valence-electron chi connectivity index (χ0n) is 16.2. The average Bonchev–Trinajstić information content (AvgIpc) is 3.05. The quantitative estimate of drug-likeness (QED) is 0.654. The van der Waals surface area contributed by atoms with E-state index in [1.807, 2.05) is 0 Å². The van der Waals surface area contributed by atoms with Crippen molar-refractivity contribution in [2.24, 2.45) is 5.73 Å². The maximum atomic E-state index is 15.0. The molecule has 0 amide bonds. The second-order valence-electron chi connectivity index (χ2n) is 6.62. The molecular weight excluding hydrogens is 393 g/mol. The fraction of sp³-hybridized carbons (Fsp3) is 0.190. The molecule has 0 spiro atoms. The molecule has 0 aliphatic carbocycles. The first-order valence-corrected chi connectivity index (χ1v) is 9.17. The van der Waals surface area contributed by atoms with E-state index in [1.54, 1.807) is 19.1 Å². The first-order chi connectivity index (χ1) is 14.4. The second-order valence-corrected chi connectivity index (χ2v) is 6.62. The van der Waals surface area contributed by atoms with Gasteiger partial charge in [-0.25, -0.2) is 13.9 Å². The molecule has 1 unspecified atom stereocenters. The van der Waals surface area contributed by atoms with Crippen LogP contribution in [0.2, 0.25) is 0 Å². The van der Waals surface area contributed by atoms with Crippen molar-refractivity contribution in [3.8, 4) is 5.75 Å². The highest BCUT2D eigenvalue weighted by atomic mass is 19.1. The lowest BCUT2D eigenvalue weighted by molar-refractivity contribution is -0.138. The van der Waals surface area contributed by atoms with Gasteiger partial charge in [-0.05, 0) is 31.2 Å². The molecule has 1 aromatic heterocycles. The van der Waals surface area contributed by atoms with E-state index in [9.17, 15) is 18.8 Å². The van der Waals surface area contributed by atoms with Gasteiger partial charge in [-0.3, -0.25) is 9.59 Å². The standard InChI is InChI=1S/C21H18FN3O5/c1-3-30-21(28)16-17(14-9-8-11(29-2)10-15(14)22)24-19(26)12-6-4-5-7-13(12)20(27)25(24)18(16)23/h4-10,17H,3,23H2,1-2H3. The van der Waals surface area contributed by atoms with Gasteiger partial charge in [0.2, 0.25) is 0 Å². The van der Waals surface area contributed by atoms with Crippen molar-refractivity contribution in [1.82, 2.24) is 9.36 Å². The van der Waals surface area contributed by atoms with Crippen LogP contribution in [-0.4, -0.2) is 29.0 Å². The van der Waals surface area contributed by atoms with Crippen LogP contribution in [0.3, 0.4) is 0 Å². The number of nitrogens with zero attached hydrogens (tertiary/aromatic N) is 2. The largest absolute Gasteiger partial charge is 0.497 e. The van der Waals surface area contributed by atoms with Crippen LogP contribution >= 0.6 is 0 Å². The second kappa shape index (κ2) is 7.18. The number of rotatable bonds is 4. The Morgan fingerprint density at radius 2 is 1.80 bits per heavy atom. The third-order valence-corrected chi connectivity index (χ3v) is 5.02.